The zero-order chi connectivity index (χ0) is 13.5. The van der Waals surface area contributed by atoms with Crippen LogP contribution in [-0.4, -0.2) is 11.1 Å². The van der Waals surface area contributed by atoms with Crippen molar-refractivity contribution in [2.45, 2.75) is 10.6 Å². The third kappa shape index (κ3) is 4.64. The molecule has 3 heteroatoms. The molecule has 0 heterocycles. The standard InChI is InChI=1S/C16H14O2S/c17-16(18)10-9-13-5-4-6-14(11-13)12-19-15-7-2-1-3-8-15/h1-11H,12H2,(H,17,18)/b10-9+. The van der Waals surface area contributed by atoms with Crippen LogP contribution in [0.2, 0.25) is 0 Å². The molecule has 2 aromatic carbocycles. The molecule has 0 radical (unpaired) electrons. The molecule has 0 aliphatic carbocycles. The van der Waals surface area contributed by atoms with Gasteiger partial charge in [0, 0.05) is 16.7 Å². The van der Waals surface area contributed by atoms with E-state index in [1.165, 1.54) is 10.5 Å². The fraction of sp³-hybridized carbons (Fsp3) is 0.0625. The van der Waals surface area contributed by atoms with E-state index in [9.17, 15) is 4.79 Å². The molecule has 0 saturated heterocycles. The molecule has 0 bridgehead atoms. The lowest BCUT2D eigenvalue weighted by molar-refractivity contribution is -0.131. The number of aliphatic carboxylic acids is 1. The maximum Gasteiger partial charge on any atom is 0.328 e. The summed E-state index contributed by atoms with van der Waals surface area (Å²) in [6.45, 7) is 0. The molecule has 96 valence electrons. The van der Waals surface area contributed by atoms with Crippen LogP contribution in [0.5, 0.6) is 0 Å². The van der Waals surface area contributed by atoms with E-state index < -0.39 is 5.97 Å². The lowest BCUT2D eigenvalue weighted by atomic mass is 10.1. The maximum atomic E-state index is 10.5. The first-order valence-corrected chi connectivity index (χ1v) is 6.90. The second-order valence-electron chi connectivity index (χ2n) is 4.02. The number of carboxylic acid groups (broad SMARTS) is 1. The molecule has 0 unspecified atom stereocenters. The normalized spacial score (nSPS) is 10.7. The zero-order valence-corrected chi connectivity index (χ0v) is 11.1. The summed E-state index contributed by atoms with van der Waals surface area (Å²) in [6.07, 6.45) is 2.77. The van der Waals surface area contributed by atoms with Gasteiger partial charge in [0.25, 0.3) is 0 Å². The van der Waals surface area contributed by atoms with Gasteiger partial charge in [-0.2, -0.15) is 0 Å². The highest BCUT2D eigenvalue weighted by Crippen LogP contribution is 2.22. The highest BCUT2D eigenvalue weighted by atomic mass is 32.2. The van der Waals surface area contributed by atoms with Crippen LogP contribution >= 0.6 is 11.8 Å². The van der Waals surface area contributed by atoms with Crippen LogP contribution in [0.3, 0.4) is 0 Å². The van der Waals surface area contributed by atoms with Crippen molar-refractivity contribution in [3.8, 4) is 0 Å². The van der Waals surface area contributed by atoms with Gasteiger partial charge in [0.1, 0.15) is 0 Å². The van der Waals surface area contributed by atoms with E-state index in [0.717, 1.165) is 17.4 Å². The van der Waals surface area contributed by atoms with Crippen LogP contribution in [0.15, 0.2) is 65.6 Å². The van der Waals surface area contributed by atoms with Crippen molar-refractivity contribution >= 4 is 23.8 Å². The van der Waals surface area contributed by atoms with Gasteiger partial charge in [-0.3, -0.25) is 0 Å². The van der Waals surface area contributed by atoms with Gasteiger partial charge in [-0.1, -0.05) is 42.5 Å². The largest absolute Gasteiger partial charge is 0.478 e. The quantitative estimate of drug-likeness (QED) is 0.657. The number of carboxylic acids is 1. The molecule has 0 aliphatic heterocycles. The van der Waals surface area contributed by atoms with Gasteiger partial charge in [-0.05, 0) is 29.3 Å². The molecule has 0 aliphatic rings. The molecule has 0 fully saturated rings. The summed E-state index contributed by atoms with van der Waals surface area (Å²) in [5, 5.41) is 8.61. The molecule has 19 heavy (non-hydrogen) atoms. The van der Waals surface area contributed by atoms with Crippen LogP contribution in [-0.2, 0) is 10.5 Å². The number of hydrogen-bond donors (Lipinski definition) is 1. The van der Waals surface area contributed by atoms with Gasteiger partial charge in [-0.15, -0.1) is 11.8 Å². The van der Waals surface area contributed by atoms with Gasteiger partial charge >= 0.3 is 5.97 Å². The second-order valence-corrected chi connectivity index (χ2v) is 5.07. The number of rotatable bonds is 5. The van der Waals surface area contributed by atoms with Crippen molar-refractivity contribution in [2.75, 3.05) is 0 Å². The predicted octanol–water partition coefficient (Wildman–Crippen LogP) is 4.08. The Kier molecular flexibility index (Phi) is 4.81. The van der Waals surface area contributed by atoms with Gasteiger partial charge in [0.2, 0.25) is 0 Å². The Morgan fingerprint density at radius 3 is 2.63 bits per heavy atom. The second kappa shape index (κ2) is 6.81. The van der Waals surface area contributed by atoms with Crippen molar-refractivity contribution in [1.82, 2.24) is 0 Å². The highest BCUT2D eigenvalue weighted by Gasteiger charge is 1.97. The summed E-state index contributed by atoms with van der Waals surface area (Å²) < 4.78 is 0. The summed E-state index contributed by atoms with van der Waals surface area (Å²) in [6, 6.07) is 18.1. The lowest BCUT2D eigenvalue weighted by Gasteiger charge is -2.03. The van der Waals surface area contributed by atoms with Crippen LogP contribution in [0.25, 0.3) is 6.08 Å². The van der Waals surface area contributed by atoms with Crippen molar-refractivity contribution in [3.05, 3.63) is 71.8 Å². The van der Waals surface area contributed by atoms with Gasteiger partial charge in [0.05, 0.1) is 0 Å². The molecular formula is C16H14O2S. The number of benzene rings is 2. The average molecular weight is 270 g/mol. The minimum Gasteiger partial charge on any atom is -0.478 e. The lowest BCUT2D eigenvalue weighted by Crippen LogP contribution is -1.86. The van der Waals surface area contributed by atoms with E-state index in [1.54, 1.807) is 17.8 Å². The molecule has 0 amide bonds. The Hall–Kier alpha value is -2.00. The molecule has 0 aromatic heterocycles. The van der Waals surface area contributed by atoms with Gasteiger partial charge in [-0.25, -0.2) is 4.79 Å². The number of carbonyl (C=O) groups is 1. The van der Waals surface area contributed by atoms with Crippen molar-refractivity contribution in [2.24, 2.45) is 0 Å². The van der Waals surface area contributed by atoms with Crippen LogP contribution < -0.4 is 0 Å². The summed E-state index contributed by atoms with van der Waals surface area (Å²) in [4.78, 5) is 11.7. The van der Waals surface area contributed by atoms with Crippen molar-refractivity contribution in [1.29, 1.82) is 0 Å². The topological polar surface area (TPSA) is 37.3 Å². The smallest absolute Gasteiger partial charge is 0.328 e. The Morgan fingerprint density at radius 1 is 1.11 bits per heavy atom. The SMILES string of the molecule is O=C(O)/C=C/c1cccc(CSc2ccccc2)c1. The Labute approximate surface area is 116 Å². The molecule has 0 atom stereocenters. The number of hydrogen-bond acceptors (Lipinski definition) is 2. The maximum absolute atomic E-state index is 10.5. The third-order valence-electron chi connectivity index (χ3n) is 2.52. The van der Waals surface area contributed by atoms with Gasteiger partial charge < -0.3 is 5.11 Å². The summed E-state index contributed by atoms with van der Waals surface area (Å²) >= 11 is 1.77. The fourth-order valence-corrected chi connectivity index (χ4v) is 2.50. The monoisotopic (exact) mass is 270 g/mol. The van der Waals surface area contributed by atoms with E-state index in [4.69, 9.17) is 5.11 Å². The van der Waals surface area contributed by atoms with E-state index in [-0.39, 0.29) is 0 Å². The molecule has 1 N–H and O–H groups in total. The Morgan fingerprint density at radius 2 is 1.89 bits per heavy atom. The van der Waals surface area contributed by atoms with Crippen molar-refractivity contribution in [3.63, 3.8) is 0 Å². The molecule has 0 saturated carbocycles. The molecule has 2 nitrogen and oxygen atoms in total. The Bertz CT molecular complexity index is 576. The minimum absolute atomic E-state index is 0.874. The first-order valence-electron chi connectivity index (χ1n) is 5.92. The van der Waals surface area contributed by atoms with E-state index >= 15 is 0 Å². The van der Waals surface area contributed by atoms with Crippen LogP contribution in [0.4, 0.5) is 0 Å². The number of thioether (sulfide) groups is 1. The van der Waals surface area contributed by atoms with Crippen LogP contribution in [0, 0.1) is 0 Å². The molecule has 2 rings (SSSR count). The zero-order valence-electron chi connectivity index (χ0n) is 10.3. The highest BCUT2D eigenvalue weighted by molar-refractivity contribution is 7.98. The molecular weight excluding hydrogens is 256 g/mol. The average Bonchev–Trinajstić information content (AvgIpc) is 2.44. The van der Waals surface area contributed by atoms with Gasteiger partial charge in [0.15, 0.2) is 0 Å². The summed E-state index contributed by atoms with van der Waals surface area (Å²) in [5.41, 5.74) is 2.09. The molecule has 0 spiro atoms. The fourth-order valence-electron chi connectivity index (χ4n) is 1.64. The van der Waals surface area contributed by atoms with Crippen molar-refractivity contribution < 1.29 is 9.90 Å². The minimum atomic E-state index is -0.927. The predicted molar refractivity (Wildman–Crippen MR) is 79.1 cm³/mol. The molecule has 2 aromatic rings. The first-order chi connectivity index (χ1) is 9.24. The summed E-state index contributed by atoms with van der Waals surface area (Å²) in [7, 11) is 0. The van der Waals surface area contributed by atoms with E-state index in [0.29, 0.717) is 0 Å². The van der Waals surface area contributed by atoms with Crippen LogP contribution in [0.1, 0.15) is 11.1 Å². The summed E-state index contributed by atoms with van der Waals surface area (Å²) in [5.74, 6) is -0.0530. The van der Waals surface area contributed by atoms with E-state index in [1.807, 2.05) is 42.5 Å². The third-order valence-corrected chi connectivity index (χ3v) is 3.60. The van der Waals surface area contributed by atoms with E-state index in [2.05, 4.69) is 12.1 Å². The first kappa shape index (κ1) is 13.4. The Balaban J connectivity index is 2.01.